The summed E-state index contributed by atoms with van der Waals surface area (Å²) in [7, 11) is 0. The smallest absolute Gasteiger partial charge is 0.0591 e. The van der Waals surface area contributed by atoms with Crippen LogP contribution in [0.2, 0.25) is 0 Å². The Hall–Kier alpha value is -0.380. The fourth-order valence-electron chi connectivity index (χ4n) is 1.86. The van der Waals surface area contributed by atoms with Gasteiger partial charge in [0.15, 0.2) is 0 Å². The Balaban J connectivity index is 2.25. The Morgan fingerprint density at radius 2 is 2.00 bits per heavy atom. The van der Waals surface area contributed by atoms with Crippen LogP contribution in [0.4, 0.5) is 0 Å². The van der Waals surface area contributed by atoms with Gasteiger partial charge in [-0.15, -0.1) is 11.3 Å². The van der Waals surface area contributed by atoms with Gasteiger partial charge in [-0.2, -0.15) is 0 Å². The third-order valence-electron chi connectivity index (χ3n) is 2.69. The van der Waals surface area contributed by atoms with E-state index in [4.69, 9.17) is 4.74 Å². The van der Waals surface area contributed by atoms with Crippen LogP contribution in [0, 0.1) is 19.8 Å². The van der Waals surface area contributed by atoms with E-state index in [0.29, 0.717) is 12.0 Å². The molecule has 1 atom stereocenters. The second-order valence-corrected chi connectivity index (χ2v) is 6.47. The van der Waals surface area contributed by atoms with Crippen LogP contribution in [-0.4, -0.2) is 19.8 Å². The van der Waals surface area contributed by atoms with E-state index in [-0.39, 0.29) is 0 Å². The molecule has 0 aromatic carbocycles. The molecule has 17 heavy (non-hydrogen) atoms. The summed E-state index contributed by atoms with van der Waals surface area (Å²) in [6, 6.07) is 2.70. The first kappa shape index (κ1) is 14.7. The van der Waals surface area contributed by atoms with E-state index in [1.165, 1.54) is 15.3 Å². The van der Waals surface area contributed by atoms with Gasteiger partial charge in [0.1, 0.15) is 0 Å². The quantitative estimate of drug-likeness (QED) is 0.750. The van der Waals surface area contributed by atoms with Gasteiger partial charge in [-0.3, -0.25) is 0 Å². The molecule has 1 aromatic heterocycles. The topological polar surface area (TPSA) is 21.3 Å². The molecule has 0 saturated carbocycles. The maximum Gasteiger partial charge on any atom is 0.0591 e. The van der Waals surface area contributed by atoms with Crippen molar-refractivity contribution >= 4 is 11.3 Å². The fourth-order valence-corrected chi connectivity index (χ4v) is 2.88. The van der Waals surface area contributed by atoms with Crippen molar-refractivity contribution in [2.75, 3.05) is 19.8 Å². The monoisotopic (exact) mass is 255 g/mol. The van der Waals surface area contributed by atoms with Gasteiger partial charge in [0.2, 0.25) is 0 Å². The number of nitrogens with one attached hydrogen (secondary N) is 1. The average molecular weight is 255 g/mol. The summed E-state index contributed by atoms with van der Waals surface area (Å²) in [5, 5.41) is 3.51. The first-order valence-electron chi connectivity index (χ1n) is 6.38. The van der Waals surface area contributed by atoms with Gasteiger partial charge in [0, 0.05) is 28.9 Å². The van der Waals surface area contributed by atoms with Gasteiger partial charge in [-0.05, 0) is 38.3 Å². The molecule has 0 amide bonds. The van der Waals surface area contributed by atoms with E-state index in [9.17, 15) is 0 Å². The second-order valence-electron chi connectivity index (χ2n) is 5.01. The van der Waals surface area contributed by atoms with Crippen molar-refractivity contribution in [3.8, 4) is 0 Å². The molecule has 0 aliphatic carbocycles. The molecule has 98 valence electrons. The molecule has 0 saturated heterocycles. The predicted molar refractivity (Wildman–Crippen MR) is 75.9 cm³/mol. The molecule has 1 aromatic rings. The number of thiophene rings is 1. The summed E-state index contributed by atoms with van der Waals surface area (Å²) >= 11 is 1.87. The predicted octanol–water partition coefficient (Wildman–Crippen LogP) is 3.69. The van der Waals surface area contributed by atoms with E-state index in [1.807, 2.05) is 11.3 Å². The maximum atomic E-state index is 5.56. The molecule has 0 spiro atoms. The van der Waals surface area contributed by atoms with Gasteiger partial charge >= 0.3 is 0 Å². The lowest BCUT2D eigenvalue weighted by Crippen LogP contribution is -2.24. The molecule has 0 aliphatic heterocycles. The first-order valence-corrected chi connectivity index (χ1v) is 7.20. The minimum absolute atomic E-state index is 0.419. The minimum atomic E-state index is 0.419. The summed E-state index contributed by atoms with van der Waals surface area (Å²) in [6.45, 7) is 13.5. The Morgan fingerprint density at radius 1 is 1.29 bits per heavy atom. The molecule has 1 unspecified atom stereocenters. The fraction of sp³-hybridized carbons (Fsp3) is 0.714. The van der Waals surface area contributed by atoms with Gasteiger partial charge in [-0.1, -0.05) is 13.8 Å². The van der Waals surface area contributed by atoms with Crippen molar-refractivity contribution in [3.05, 3.63) is 21.4 Å². The van der Waals surface area contributed by atoms with E-state index >= 15 is 0 Å². The van der Waals surface area contributed by atoms with E-state index in [0.717, 1.165) is 19.8 Å². The van der Waals surface area contributed by atoms with Crippen molar-refractivity contribution in [2.24, 2.45) is 5.92 Å². The highest BCUT2D eigenvalue weighted by molar-refractivity contribution is 7.12. The third-order valence-corrected chi connectivity index (χ3v) is 3.68. The SMILES string of the molecule is Cc1cc(C(C)NCCOCC(C)C)c(C)s1. The molecule has 1 rings (SSSR count). The van der Waals surface area contributed by atoms with Gasteiger partial charge in [0.25, 0.3) is 0 Å². The van der Waals surface area contributed by atoms with Crippen LogP contribution < -0.4 is 5.32 Å². The maximum absolute atomic E-state index is 5.56. The first-order chi connectivity index (χ1) is 8.00. The number of hydrogen-bond donors (Lipinski definition) is 1. The lowest BCUT2D eigenvalue weighted by atomic mass is 10.1. The van der Waals surface area contributed by atoms with Crippen LogP contribution in [0.3, 0.4) is 0 Å². The Morgan fingerprint density at radius 3 is 2.53 bits per heavy atom. The second kappa shape index (κ2) is 7.14. The molecule has 0 bridgehead atoms. The van der Waals surface area contributed by atoms with Gasteiger partial charge in [0.05, 0.1) is 6.61 Å². The molecular formula is C14H25NOS. The third kappa shape index (κ3) is 5.19. The molecule has 0 radical (unpaired) electrons. The molecule has 1 heterocycles. The zero-order valence-corrected chi connectivity index (χ0v) is 12.5. The van der Waals surface area contributed by atoms with Crippen LogP contribution in [-0.2, 0) is 4.74 Å². The van der Waals surface area contributed by atoms with Crippen molar-refractivity contribution in [1.82, 2.24) is 5.32 Å². The number of ether oxygens (including phenoxy) is 1. The lowest BCUT2D eigenvalue weighted by molar-refractivity contribution is 0.110. The lowest BCUT2D eigenvalue weighted by Gasteiger charge is -2.14. The standard InChI is InChI=1S/C14H25NOS/c1-10(2)9-16-7-6-15-12(4)14-8-11(3)17-13(14)5/h8,10,12,15H,6-7,9H2,1-5H3. The van der Waals surface area contributed by atoms with Gasteiger partial charge < -0.3 is 10.1 Å². The van der Waals surface area contributed by atoms with Crippen molar-refractivity contribution < 1.29 is 4.74 Å². The molecule has 2 nitrogen and oxygen atoms in total. The Kier molecular flexibility index (Phi) is 6.17. The number of hydrogen-bond acceptors (Lipinski definition) is 3. The minimum Gasteiger partial charge on any atom is -0.380 e. The summed E-state index contributed by atoms with van der Waals surface area (Å²) in [6.07, 6.45) is 0. The number of aryl methyl sites for hydroxylation is 2. The molecule has 0 aliphatic rings. The van der Waals surface area contributed by atoms with Crippen molar-refractivity contribution in [1.29, 1.82) is 0 Å². The van der Waals surface area contributed by atoms with Crippen molar-refractivity contribution in [2.45, 2.75) is 40.7 Å². The highest BCUT2D eigenvalue weighted by atomic mass is 32.1. The Bertz CT molecular complexity index is 333. The highest BCUT2D eigenvalue weighted by Gasteiger charge is 2.10. The summed E-state index contributed by atoms with van der Waals surface area (Å²) in [5.41, 5.74) is 1.43. The largest absolute Gasteiger partial charge is 0.380 e. The van der Waals surface area contributed by atoms with Crippen LogP contribution in [0.5, 0.6) is 0 Å². The summed E-state index contributed by atoms with van der Waals surface area (Å²) in [5.74, 6) is 0.620. The Labute approximate surface area is 109 Å². The van der Waals surface area contributed by atoms with Crippen LogP contribution in [0.25, 0.3) is 0 Å². The molecular weight excluding hydrogens is 230 g/mol. The van der Waals surface area contributed by atoms with Crippen LogP contribution in [0.15, 0.2) is 6.07 Å². The normalized spacial score (nSPS) is 13.3. The number of rotatable bonds is 7. The van der Waals surface area contributed by atoms with E-state index in [1.54, 1.807) is 0 Å². The van der Waals surface area contributed by atoms with Crippen LogP contribution >= 0.6 is 11.3 Å². The summed E-state index contributed by atoms with van der Waals surface area (Å²) in [4.78, 5) is 2.81. The average Bonchev–Trinajstić information content (AvgIpc) is 2.56. The van der Waals surface area contributed by atoms with Crippen molar-refractivity contribution in [3.63, 3.8) is 0 Å². The highest BCUT2D eigenvalue weighted by Crippen LogP contribution is 2.25. The van der Waals surface area contributed by atoms with Gasteiger partial charge in [-0.25, -0.2) is 0 Å². The molecule has 1 N–H and O–H groups in total. The van der Waals surface area contributed by atoms with E-state index in [2.05, 4.69) is 46.0 Å². The zero-order chi connectivity index (χ0) is 12.8. The van der Waals surface area contributed by atoms with E-state index < -0.39 is 0 Å². The molecule has 0 fully saturated rings. The summed E-state index contributed by atoms with van der Waals surface area (Å²) < 4.78 is 5.56. The molecule has 3 heteroatoms. The zero-order valence-electron chi connectivity index (χ0n) is 11.7. The van der Waals surface area contributed by atoms with Crippen LogP contribution in [0.1, 0.15) is 42.1 Å².